The summed E-state index contributed by atoms with van der Waals surface area (Å²) in [5.41, 5.74) is 5.00. The van der Waals surface area contributed by atoms with Gasteiger partial charge in [0.2, 0.25) is 0 Å². The molecular weight excluding hydrogens is 474 g/mol. The van der Waals surface area contributed by atoms with Crippen molar-refractivity contribution >= 4 is 61.7 Å². The second kappa shape index (κ2) is 7.42. The van der Waals surface area contributed by atoms with E-state index in [2.05, 4.69) is 50.0 Å². The molecule has 6 heteroatoms. The van der Waals surface area contributed by atoms with Crippen molar-refractivity contribution in [1.82, 2.24) is 5.43 Å². The SMILES string of the molecule is NNC(Cc1ccc(Cl)cc1Cl)c1cc(Br)ccc1I. The first-order valence-corrected chi connectivity index (χ1v) is 8.49. The van der Waals surface area contributed by atoms with Crippen LogP contribution >= 0.6 is 61.7 Å². The molecule has 0 saturated heterocycles. The van der Waals surface area contributed by atoms with Crippen LogP contribution in [0, 0.1) is 3.57 Å². The maximum absolute atomic E-state index is 6.22. The average Bonchev–Trinajstić information content (AvgIpc) is 2.41. The minimum absolute atomic E-state index is 0.0157. The fourth-order valence-electron chi connectivity index (χ4n) is 1.95. The van der Waals surface area contributed by atoms with E-state index in [0.717, 1.165) is 19.2 Å². The van der Waals surface area contributed by atoms with Crippen LogP contribution in [-0.2, 0) is 6.42 Å². The molecule has 20 heavy (non-hydrogen) atoms. The molecule has 0 spiro atoms. The quantitative estimate of drug-likeness (QED) is 0.359. The Morgan fingerprint density at radius 1 is 1.20 bits per heavy atom. The van der Waals surface area contributed by atoms with E-state index >= 15 is 0 Å². The lowest BCUT2D eigenvalue weighted by Crippen LogP contribution is -2.30. The largest absolute Gasteiger partial charge is 0.271 e. The molecule has 0 heterocycles. The lowest BCUT2D eigenvalue weighted by molar-refractivity contribution is 0.549. The van der Waals surface area contributed by atoms with Crippen LogP contribution in [0.1, 0.15) is 17.2 Å². The maximum atomic E-state index is 6.22. The van der Waals surface area contributed by atoms with E-state index < -0.39 is 0 Å². The van der Waals surface area contributed by atoms with Crippen LogP contribution in [0.5, 0.6) is 0 Å². The van der Waals surface area contributed by atoms with Crippen LogP contribution in [0.15, 0.2) is 40.9 Å². The van der Waals surface area contributed by atoms with E-state index in [0.29, 0.717) is 16.5 Å². The number of benzene rings is 2. The minimum atomic E-state index is -0.0157. The van der Waals surface area contributed by atoms with Crippen molar-refractivity contribution in [2.24, 2.45) is 5.84 Å². The molecule has 0 saturated carbocycles. The summed E-state index contributed by atoms with van der Waals surface area (Å²) in [6.45, 7) is 0. The van der Waals surface area contributed by atoms with Crippen molar-refractivity contribution < 1.29 is 0 Å². The number of hydrogen-bond acceptors (Lipinski definition) is 2. The van der Waals surface area contributed by atoms with Crippen LogP contribution in [-0.4, -0.2) is 0 Å². The van der Waals surface area contributed by atoms with Crippen LogP contribution in [0.25, 0.3) is 0 Å². The highest BCUT2D eigenvalue weighted by molar-refractivity contribution is 14.1. The second-order valence-corrected chi connectivity index (χ2v) is 7.25. The smallest absolute Gasteiger partial charge is 0.0511 e. The third-order valence-corrected chi connectivity index (χ3v) is 5.04. The maximum Gasteiger partial charge on any atom is 0.0511 e. The molecule has 2 nitrogen and oxygen atoms in total. The van der Waals surface area contributed by atoms with Crippen molar-refractivity contribution in [3.05, 3.63) is 65.6 Å². The number of nitrogens with one attached hydrogen (secondary N) is 1. The van der Waals surface area contributed by atoms with Gasteiger partial charge in [0.15, 0.2) is 0 Å². The zero-order valence-electron chi connectivity index (χ0n) is 10.3. The lowest BCUT2D eigenvalue weighted by Gasteiger charge is -2.19. The molecule has 0 aliphatic heterocycles. The van der Waals surface area contributed by atoms with Gasteiger partial charge in [-0.25, -0.2) is 0 Å². The van der Waals surface area contributed by atoms with Gasteiger partial charge in [-0.05, 0) is 70.5 Å². The summed E-state index contributed by atoms with van der Waals surface area (Å²) in [6, 6.07) is 11.6. The number of halogens is 4. The summed E-state index contributed by atoms with van der Waals surface area (Å²) in [7, 11) is 0. The summed E-state index contributed by atoms with van der Waals surface area (Å²) in [4.78, 5) is 0. The fraction of sp³-hybridized carbons (Fsp3) is 0.143. The standard InChI is InChI=1S/C14H12BrCl2IN2/c15-9-2-4-13(18)11(6-9)14(20-19)5-8-1-3-10(16)7-12(8)17/h1-4,6-7,14,20H,5,19H2. The highest BCUT2D eigenvalue weighted by Crippen LogP contribution is 2.29. The third kappa shape index (κ3) is 4.08. The number of nitrogens with two attached hydrogens (primary N) is 1. The van der Waals surface area contributed by atoms with Crippen molar-refractivity contribution in [3.8, 4) is 0 Å². The normalized spacial score (nSPS) is 12.4. The van der Waals surface area contributed by atoms with Crippen LogP contribution in [0.4, 0.5) is 0 Å². The van der Waals surface area contributed by atoms with Crippen molar-refractivity contribution in [1.29, 1.82) is 0 Å². The molecule has 0 aromatic heterocycles. The Labute approximate surface area is 150 Å². The summed E-state index contributed by atoms with van der Waals surface area (Å²) < 4.78 is 2.18. The minimum Gasteiger partial charge on any atom is -0.271 e. The van der Waals surface area contributed by atoms with Crippen LogP contribution in [0.2, 0.25) is 10.0 Å². The molecule has 106 valence electrons. The summed E-state index contributed by atoms with van der Waals surface area (Å²) in [5, 5.41) is 1.29. The fourth-order valence-corrected chi connectivity index (χ4v) is 3.52. The predicted octanol–water partition coefficient (Wildman–Crippen LogP) is 5.11. The van der Waals surface area contributed by atoms with E-state index in [4.69, 9.17) is 29.0 Å². The van der Waals surface area contributed by atoms with E-state index in [1.165, 1.54) is 0 Å². The molecule has 2 aromatic rings. The summed E-state index contributed by atoms with van der Waals surface area (Å²) in [5.74, 6) is 5.71. The zero-order chi connectivity index (χ0) is 14.7. The highest BCUT2D eigenvalue weighted by Gasteiger charge is 2.16. The van der Waals surface area contributed by atoms with Gasteiger partial charge in [-0.2, -0.15) is 0 Å². The van der Waals surface area contributed by atoms with E-state index in [1.807, 2.05) is 24.3 Å². The van der Waals surface area contributed by atoms with Crippen LogP contribution in [0.3, 0.4) is 0 Å². The third-order valence-electron chi connectivity index (χ3n) is 2.97. The Kier molecular flexibility index (Phi) is 6.13. The van der Waals surface area contributed by atoms with Crippen LogP contribution < -0.4 is 11.3 Å². The molecule has 0 aliphatic carbocycles. The Balaban J connectivity index is 2.31. The molecule has 0 radical (unpaired) electrons. The van der Waals surface area contributed by atoms with Gasteiger partial charge in [0, 0.05) is 18.1 Å². The topological polar surface area (TPSA) is 38.0 Å². The molecule has 3 N–H and O–H groups in total. The molecular formula is C14H12BrCl2IN2. The number of hydrogen-bond donors (Lipinski definition) is 2. The van der Waals surface area contributed by atoms with Gasteiger partial charge in [0.05, 0.1) is 6.04 Å². The zero-order valence-corrected chi connectivity index (χ0v) is 15.6. The molecule has 2 aromatic carbocycles. The molecule has 0 amide bonds. The molecule has 2 rings (SSSR count). The van der Waals surface area contributed by atoms with Crippen molar-refractivity contribution in [3.63, 3.8) is 0 Å². The molecule has 0 bridgehead atoms. The van der Waals surface area contributed by atoms with Gasteiger partial charge in [-0.3, -0.25) is 11.3 Å². The average molecular weight is 486 g/mol. The van der Waals surface area contributed by atoms with E-state index in [9.17, 15) is 0 Å². The lowest BCUT2D eigenvalue weighted by atomic mass is 9.99. The monoisotopic (exact) mass is 484 g/mol. The molecule has 1 unspecified atom stereocenters. The Hall–Kier alpha value is 0.150. The first kappa shape index (κ1) is 16.5. The Morgan fingerprint density at radius 3 is 2.60 bits per heavy atom. The molecule has 0 aliphatic rings. The summed E-state index contributed by atoms with van der Waals surface area (Å²) in [6.07, 6.45) is 0.693. The van der Waals surface area contributed by atoms with Crippen molar-refractivity contribution in [2.75, 3.05) is 0 Å². The second-order valence-electron chi connectivity index (χ2n) is 4.32. The van der Waals surface area contributed by atoms with Gasteiger partial charge >= 0.3 is 0 Å². The number of rotatable bonds is 4. The van der Waals surface area contributed by atoms with Gasteiger partial charge in [0.25, 0.3) is 0 Å². The van der Waals surface area contributed by atoms with Crippen molar-refractivity contribution in [2.45, 2.75) is 12.5 Å². The van der Waals surface area contributed by atoms with Gasteiger partial charge in [-0.15, -0.1) is 0 Å². The predicted molar refractivity (Wildman–Crippen MR) is 97.1 cm³/mol. The molecule has 1 atom stereocenters. The van der Waals surface area contributed by atoms with E-state index in [1.54, 1.807) is 6.07 Å². The molecule has 0 fully saturated rings. The Morgan fingerprint density at radius 2 is 1.95 bits per heavy atom. The Bertz CT molecular complexity index is 622. The first-order chi connectivity index (χ1) is 9.51. The van der Waals surface area contributed by atoms with E-state index in [-0.39, 0.29) is 6.04 Å². The summed E-state index contributed by atoms with van der Waals surface area (Å²) >= 11 is 17.9. The number of hydrazine groups is 1. The van der Waals surface area contributed by atoms with Gasteiger partial charge in [0.1, 0.15) is 0 Å². The van der Waals surface area contributed by atoms with Gasteiger partial charge < -0.3 is 0 Å². The first-order valence-electron chi connectivity index (χ1n) is 5.86. The highest BCUT2D eigenvalue weighted by atomic mass is 127. The van der Waals surface area contributed by atoms with Gasteiger partial charge in [-0.1, -0.05) is 45.2 Å².